The van der Waals surface area contributed by atoms with Crippen LogP contribution in [0, 0.1) is 27.7 Å². The second kappa shape index (κ2) is 12.2. The molecule has 1 aliphatic rings. The van der Waals surface area contributed by atoms with Gasteiger partial charge in [-0.1, -0.05) is 47.7 Å². The van der Waals surface area contributed by atoms with E-state index in [4.69, 9.17) is 14.5 Å². The predicted octanol–water partition coefficient (Wildman–Crippen LogP) is 5.87. The maximum absolute atomic E-state index is 14.2. The Bertz CT molecular complexity index is 2160. The molecule has 1 atom stereocenters. The number of rotatable bonds is 7. The lowest BCUT2D eigenvalue weighted by Crippen LogP contribution is -2.39. The Labute approximate surface area is 271 Å². The summed E-state index contributed by atoms with van der Waals surface area (Å²) in [5, 5.41) is 2.72. The number of hydrogen-bond acceptors (Lipinski definition) is 9. The summed E-state index contributed by atoms with van der Waals surface area (Å²) in [5.41, 5.74) is 5.45. The van der Waals surface area contributed by atoms with Crippen molar-refractivity contribution in [1.82, 2.24) is 9.13 Å². The largest absolute Gasteiger partial charge is 0.465 e. The third kappa shape index (κ3) is 5.24. The van der Waals surface area contributed by atoms with E-state index in [1.54, 1.807) is 11.5 Å². The van der Waals surface area contributed by atoms with Crippen LogP contribution in [0.4, 0.5) is 0 Å². The molecule has 4 aromatic heterocycles. The van der Waals surface area contributed by atoms with Crippen LogP contribution in [-0.4, -0.2) is 34.8 Å². The Morgan fingerprint density at radius 1 is 1.02 bits per heavy atom. The lowest BCUT2D eigenvalue weighted by atomic mass is 9.97. The number of fused-ring (bicyclic) bond motifs is 1. The number of ether oxygens (including phenoxy) is 2. The first-order valence-corrected chi connectivity index (χ1v) is 16.9. The Balaban J connectivity index is 1.57. The standard InChI is InChI=1S/C34H31N3O5S3/c1-7-42-33(40)27-28(22-12-9-8-10-13-22)35-34-37(29(27)24-14-11-15-43-24)30(38)25(45-34)17-23-16-18(2)36(20(23)4)31-26(32(39)41-6)19(3)21(5)44-31/h8-17,29H,7H2,1-6H3/b25-17-/t29-/m1/s1. The van der Waals surface area contributed by atoms with E-state index >= 15 is 0 Å². The molecule has 0 spiro atoms. The number of carbonyl (C=O) groups is 2. The Morgan fingerprint density at radius 3 is 2.44 bits per heavy atom. The molecule has 0 saturated heterocycles. The van der Waals surface area contributed by atoms with Gasteiger partial charge < -0.3 is 14.0 Å². The first-order chi connectivity index (χ1) is 21.7. The number of aromatic nitrogens is 2. The van der Waals surface area contributed by atoms with Crippen LogP contribution in [0.25, 0.3) is 16.8 Å². The van der Waals surface area contributed by atoms with Gasteiger partial charge in [-0.3, -0.25) is 9.36 Å². The quantitative estimate of drug-likeness (QED) is 0.204. The smallest absolute Gasteiger partial charge is 0.341 e. The summed E-state index contributed by atoms with van der Waals surface area (Å²) in [6.45, 7) is 9.83. The van der Waals surface area contributed by atoms with E-state index in [0.29, 0.717) is 26.2 Å². The van der Waals surface area contributed by atoms with Crippen molar-refractivity contribution in [1.29, 1.82) is 0 Å². The topological polar surface area (TPSA) is 91.9 Å². The van der Waals surface area contributed by atoms with Gasteiger partial charge in [-0.2, -0.15) is 0 Å². The summed E-state index contributed by atoms with van der Waals surface area (Å²) in [5.74, 6) is -0.881. The molecular formula is C34H31N3O5S3. The van der Waals surface area contributed by atoms with Gasteiger partial charge in [-0.05, 0) is 69.3 Å². The van der Waals surface area contributed by atoms with Crippen molar-refractivity contribution in [2.75, 3.05) is 13.7 Å². The van der Waals surface area contributed by atoms with Crippen LogP contribution in [0.3, 0.4) is 0 Å². The van der Waals surface area contributed by atoms with E-state index in [0.717, 1.165) is 42.8 Å². The number of nitrogens with zero attached hydrogens (tertiary/aromatic N) is 3. The zero-order chi connectivity index (χ0) is 32.0. The van der Waals surface area contributed by atoms with E-state index in [1.165, 1.54) is 41.1 Å². The molecule has 0 bridgehead atoms. The van der Waals surface area contributed by atoms with Gasteiger partial charge >= 0.3 is 11.9 Å². The minimum absolute atomic E-state index is 0.197. The third-order valence-electron chi connectivity index (χ3n) is 7.90. The second-order valence-electron chi connectivity index (χ2n) is 10.6. The summed E-state index contributed by atoms with van der Waals surface area (Å²) in [6.07, 6.45) is 1.87. The molecule has 8 nitrogen and oxygen atoms in total. The molecule has 0 amide bonds. The predicted molar refractivity (Wildman–Crippen MR) is 179 cm³/mol. The van der Waals surface area contributed by atoms with Gasteiger partial charge in [0, 0.05) is 26.7 Å². The number of aryl methyl sites for hydroxylation is 2. The molecule has 230 valence electrons. The highest BCUT2D eigenvalue weighted by atomic mass is 32.1. The molecule has 45 heavy (non-hydrogen) atoms. The number of methoxy groups -OCH3 is 1. The highest BCUT2D eigenvalue weighted by Crippen LogP contribution is 2.37. The summed E-state index contributed by atoms with van der Waals surface area (Å²) in [6, 6.07) is 14.7. The van der Waals surface area contributed by atoms with Crippen molar-refractivity contribution in [2.24, 2.45) is 4.99 Å². The van der Waals surface area contributed by atoms with E-state index < -0.39 is 12.0 Å². The Morgan fingerprint density at radius 2 is 1.78 bits per heavy atom. The highest BCUT2D eigenvalue weighted by Gasteiger charge is 2.35. The van der Waals surface area contributed by atoms with Crippen LogP contribution in [0.5, 0.6) is 0 Å². The van der Waals surface area contributed by atoms with Crippen molar-refractivity contribution in [3.8, 4) is 5.00 Å². The SMILES string of the molecule is CCOC(=O)C1=C(c2ccccc2)N=c2s/c(=C\c3cc(C)n(-c4sc(C)c(C)c4C(=O)OC)c3C)c(=O)n2[C@@H]1c1cccs1. The summed E-state index contributed by atoms with van der Waals surface area (Å²) in [4.78, 5) is 47.9. The molecule has 0 aliphatic carbocycles. The molecule has 5 aromatic rings. The number of esters is 2. The van der Waals surface area contributed by atoms with Crippen molar-refractivity contribution < 1.29 is 19.1 Å². The maximum Gasteiger partial charge on any atom is 0.341 e. The van der Waals surface area contributed by atoms with Crippen LogP contribution in [0.1, 0.15) is 61.2 Å². The zero-order valence-corrected chi connectivity index (χ0v) is 28.1. The first-order valence-electron chi connectivity index (χ1n) is 14.4. The van der Waals surface area contributed by atoms with Gasteiger partial charge in [0.05, 0.1) is 35.1 Å². The zero-order valence-electron chi connectivity index (χ0n) is 25.7. The van der Waals surface area contributed by atoms with Crippen LogP contribution in [0.15, 0.2) is 69.3 Å². The maximum atomic E-state index is 14.2. The molecule has 0 fully saturated rings. The van der Waals surface area contributed by atoms with E-state index in [2.05, 4.69) is 0 Å². The average Bonchev–Trinajstić information content (AvgIpc) is 3.80. The monoisotopic (exact) mass is 657 g/mol. The van der Waals surface area contributed by atoms with Crippen molar-refractivity contribution in [3.63, 3.8) is 0 Å². The number of hydrogen-bond donors (Lipinski definition) is 0. The summed E-state index contributed by atoms with van der Waals surface area (Å²) >= 11 is 4.30. The lowest BCUT2D eigenvalue weighted by molar-refractivity contribution is -0.138. The number of thiophene rings is 2. The molecule has 0 saturated carbocycles. The number of carbonyl (C=O) groups excluding carboxylic acids is 2. The second-order valence-corrected chi connectivity index (χ2v) is 13.8. The normalized spacial score (nSPS) is 14.8. The minimum Gasteiger partial charge on any atom is -0.465 e. The highest BCUT2D eigenvalue weighted by molar-refractivity contribution is 7.15. The van der Waals surface area contributed by atoms with Crippen LogP contribution >= 0.6 is 34.0 Å². The molecule has 11 heteroatoms. The molecular weight excluding hydrogens is 627 g/mol. The summed E-state index contributed by atoms with van der Waals surface area (Å²) < 4.78 is 14.8. The molecule has 6 rings (SSSR count). The summed E-state index contributed by atoms with van der Waals surface area (Å²) in [7, 11) is 1.39. The Kier molecular flexibility index (Phi) is 8.34. The number of benzene rings is 1. The van der Waals surface area contributed by atoms with Gasteiger partial charge in [0.1, 0.15) is 11.0 Å². The average molecular weight is 658 g/mol. The van der Waals surface area contributed by atoms with Crippen molar-refractivity contribution in [3.05, 3.63) is 123 Å². The van der Waals surface area contributed by atoms with Crippen LogP contribution in [0.2, 0.25) is 0 Å². The molecule has 0 unspecified atom stereocenters. The fourth-order valence-corrected chi connectivity index (χ4v) is 8.72. The van der Waals surface area contributed by atoms with Crippen molar-refractivity contribution >= 4 is 57.7 Å². The van der Waals surface area contributed by atoms with E-state index in [1.807, 2.05) is 92.2 Å². The number of thiazole rings is 1. The minimum atomic E-state index is -0.690. The van der Waals surface area contributed by atoms with Gasteiger partial charge in [-0.15, -0.1) is 22.7 Å². The fourth-order valence-electron chi connectivity index (χ4n) is 5.65. The molecule has 1 aromatic carbocycles. The van der Waals surface area contributed by atoms with E-state index in [-0.39, 0.29) is 18.1 Å². The van der Waals surface area contributed by atoms with Crippen LogP contribution in [-0.2, 0) is 14.3 Å². The lowest BCUT2D eigenvalue weighted by Gasteiger charge is -2.24. The van der Waals surface area contributed by atoms with Gasteiger partial charge in [0.2, 0.25) is 0 Å². The molecule has 5 heterocycles. The van der Waals surface area contributed by atoms with Crippen molar-refractivity contribution in [2.45, 2.75) is 40.7 Å². The Hall–Kier alpha value is -4.32. The first kappa shape index (κ1) is 30.7. The fraction of sp³-hybridized carbons (Fsp3) is 0.235. The van der Waals surface area contributed by atoms with Gasteiger partial charge in [-0.25, -0.2) is 14.6 Å². The van der Waals surface area contributed by atoms with E-state index in [9.17, 15) is 14.4 Å². The van der Waals surface area contributed by atoms with Gasteiger partial charge in [0.15, 0.2) is 4.80 Å². The third-order valence-corrected chi connectivity index (χ3v) is 11.0. The molecule has 1 aliphatic heterocycles. The van der Waals surface area contributed by atoms with Crippen LogP contribution < -0.4 is 14.9 Å². The molecule has 0 radical (unpaired) electrons. The molecule has 0 N–H and O–H groups in total. The van der Waals surface area contributed by atoms with Gasteiger partial charge in [0.25, 0.3) is 5.56 Å².